The highest BCUT2D eigenvalue weighted by Crippen LogP contribution is 2.62. The van der Waals surface area contributed by atoms with E-state index in [1.165, 1.54) is 17.4 Å². The Morgan fingerprint density at radius 2 is 1.62 bits per heavy atom. The number of carbonyl (C=O) groups excluding carboxylic acids is 3. The summed E-state index contributed by atoms with van der Waals surface area (Å²) in [6.07, 6.45) is 0.660. The predicted molar refractivity (Wildman–Crippen MR) is 115 cm³/mol. The molecule has 2 aliphatic heterocycles. The van der Waals surface area contributed by atoms with E-state index in [4.69, 9.17) is 9.57 Å². The van der Waals surface area contributed by atoms with Crippen molar-refractivity contribution in [2.75, 3.05) is 4.90 Å². The largest absolute Gasteiger partial charge is 0.427 e. The summed E-state index contributed by atoms with van der Waals surface area (Å²) in [5.41, 5.74) is 3.58. The van der Waals surface area contributed by atoms with Crippen LogP contribution in [0.2, 0.25) is 0 Å². The molecule has 7 nitrogen and oxygen atoms in total. The lowest BCUT2D eigenvalue weighted by atomic mass is 9.71. The first-order valence-corrected chi connectivity index (χ1v) is 10.9. The average molecular weight is 430 g/mol. The Kier molecular flexibility index (Phi) is 4.06. The van der Waals surface area contributed by atoms with E-state index in [1.807, 2.05) is 31.2 Å². The Labute approximate surface area is 185 Å². The fourth-order valence-corrected chi connectivity index (χ4v) is 6.17. The van der Waals surface area contributed by atoms with Crippen LogP contribution in [0.3, 0.4) is 0 Å². The fourth-order valence-electron chi connectivity index (χ4n) is 6.17. The molecule has 2 saturated carbocycles. The molecule has 3 fully saturated rings. The molecule has 2 heterocycles. The minimum Gasteiger partial charge on any atom is -0.427 e. The first kappa shape index (κ1) is 19.2. The van der Waals surface area contributed by atoms with E-state index in [0.29, 0.717) is 11.4 Å². The lowest BCUT2D eigenvalue weighted by molar-refractivity contribution is -0.132. The number of amides is 2. The highest BCUT2D eigenvalue weighted by Gasteiger charge is 2.70. The number of nitrogens with zero attached hydrogens (tertiary/aromatic N) is 2. The van der Waals surface area contributed by atoms with Crippen LogP contribution in [-0.2, 0) is 19.2 Å². The molecule has 0 radical (unpaired) electrons. The van der Waals surface area contributed by atoms with Crippen LogP contribution in [0.4, 0.5) is 5.69 Å². The molecule has 32 heavy (non-hydrogen) atoms. The zero-order chi connectivity index (χ0) is 22.1. The minimum absolute atomic E-state index is 0.0107. The molecule has 162 valence electrons. The smallest absolute Gasteiger partial charge is 0.308 e. The number of oxime groups is 1. The third-order valence-corrected chi connectivity index (χ3v) is 7.39. The van der Waals surface area contributed by atoms with Gasteiger partial charge in [0.15, 0.2) is 0 Å². The van der Waals surface area contributed by atoms with Gasteiger partial charge in [-0.05, 0) is 49.1 Å². The number of anilines is 1. The minimum atomic E-state index is -0.422. The number of rotatable bonds is 3. The maximum absolute atomic E-state index is 13.5. The van der Waals surface area contributed by atoms with Crippen molar-refractivity contribution < 1.29 is 24.0 Å². The standard InChI is InChI=1S/C25H22N2O5/c1-12-3-5-14(6-4-12)22-21-17-11-18(23(21)32-26-22)20-19(17)24(29)27(25(20)30)15-7-9-16(10-8-15)31-13(2)28/h3-10,17-21,23H,11H2,1-2H3. The zero-order valence-electron chi connectivity index (χ0n) is 17.7. The summed E-state index contributed by atoms with van der Waals surface area (Å²) in [4.78, 5) is 45.1. The molecular weight excluding hydrogens is 408 g/mol. The van der Waals surface area contributed by atoms with Gasteiger partial charge in [-0.25, -0.2) is 0 Å². The Hall–Kier alpha value is -3.48. The van der Waals surface area contributed by atoms with Crippen LogP contribution in [0.25, 0.3) is 0 Å². The van der Waals surface area contributed by atoms with E-state index < -0.39 is 5.97 Å². The van der Waals surface area contributed by atoms with E-state index in [1.54, 1.807) is 24.3 Å². The lowest BCUT2D eigenvalue weighted by Gasteiger charge is -2.29. The summed E-state index contributed by atoms with van der Waals surface area (Å²) in [5.74, 6) is -1.01. The van der Waals surface area contributed by atoms with Crippen molar-refractivity contribution in [2.24, 2.45) is 34.7 Å². The summed E-state index contributed by atoms with van der Waals surface area (Å²) in [5, 5.41) is 4.39. The van der Waals surface area contributed by atoms with Crippen molar-refractivity contribution in [3.63, 3.8) is 0 Å². The Morgan fingerprint density at radius 3 is 2.28 bits per heavy atom. The summed E-state index contributed by atoms with van der Waals surface area (Å²) < 4.78 is 5.06. The van der Waals surface area contributed by atoms with Crippen LogP contribution in [0, 0.1) is 36.5 Å². The molecule has 0 aromatic heterocycles. The molecule has 0 N–H and O–H groups in total. The van der Waals surface area contributed by atoms with Gasteiger partial charge in [0.05, 0.1) is 23.2 Å². The average Bonchev–Trinajstić information content (AvgIpc) is 3.50. The highest BCUT2D eigenvalue weighted by atomic mass is 16.6. The number of hydrogen-bond donors (Lipinski definition) is 0. The van der Waals surface area contributed by atoms with Gasteiger partial charge in [-0.15, -0.1) is 0 Å². The van der Waals surface area contributed by atoms with Crippen LogP contribution in [0.5, 0.6) is 5.75 Å². The van der Waals surface area contributed by atoms with Crippen LogP contribution in [0.15, 0.2) is 53.7 Å². The molecule has 7 heteroatoms. The van der Waals surface area contributed by atoms with Crippen LogP contribution < -0.4 is 9.64 Å². The van der Waals surface area contributed by atoms with Gasteiger partial charge in [-0.1, -0.05) is 35.0 Å². The molecule has 2 bridgehead atoms. The SMILES string of the molecule is CC(=O)Oc1ccc(N2C(=O)C3C4CC(C5C(c6ccc(C)cc6)=NOC45)C3C2=O)cc1. The molecule has 6 atom stereocenters. The second kappa shape index (κ2) is 6.76. The van der Waals surface area contributed by atoms with Crippen molar-refractivity contribution in [3.8, 4) is 5.75 Å². The van der Waals surface area contributed by atoms with E-state index in [2.05, 4.69) is 5.16 Å². The van der Waals surface area contributed by atoms with Gasteiger partial charge in [-0.2, -0.15) is 0 Å². The molecule has 2 aromatic rings. The molecule has 6 unspecified atom stereocenters. The molecule has 0 spiro atoms. The van der Waals surface area contributed by atoms with Crippen LogP contribution in [0.1, 0.15) is 24.5 Å². The Morgan fingerprint density at radius 1 is 0.969 bits per heavy atom. The van der Waals surface area contributed by atoms with Gasteiger partial charge in [0.1, 0.15) is 11.9 Å². The number of aryl methyl sites for hydroxylation is 1. The zero-order valence-corrected chi connectivity index (χ0v) is 17.7. The quantitative estimate of drug-likeness (QED) is 0.424. The number of carbonyl (C=O) groups is 3. The number of hydrogen-bond acceptors (Lipinski definition) is 6. The Balaban J connectivity index is 1.29. The molecule has 2 amide bonds. The monoisotopic (exact) mass is 430 g/mol. The van der Waals surface area contributed by atoms with Crippen molar-refractivity contribution >= 4 is 29.2 Å². The Bertz CT molecular complexity index is 1170. The number of esters is 1. The third kappa shape index (κ3) is 2.60. The number of ether oxygens (including phenoxy) is 1. The number of benzene rings is 2. The molecule has 4 aliphatic rings. The van der Waals surface area contributed by atoms with Gasteiger partial charge in [-0.3, -0.25) is 19.3 Å². The first-order valence-electron chi connectivity index (χ1n) is 10.9. The third-order valence-electron chi connectivity index (χ3n) is 7.39. The maximum Gasteiger partial charge on any atom is 0.308 e. The second-order valence-corrected chi connectivity index (χ2v) is 9.15. The second-order valence-electron chi connectivity index (χ2n) is 9.15. The molecular formula is C25H22N2O5. The van der Waals surface area contributed by atoms with Gasteiger partial charge >= 0.3 is 5.97 Å². The highest BCUT2D eigenvalue weighted by molar-refractivity contribution is 6.23. The normalized spacial score (nSPS) is 31.9. The lowest BCUT2D eigenvalue weighted by Crippen LogP contribution is -2.41. The number of fused-ring (bicyclic) bond motifs is 8. The van der Waals surface area contributed by atoms with Crippen molar-refractivity contribution in [1.82, 2.24) is 0 Å². The molecule has 6 rings (SSSR count). The number of imide groups is 1. The first-order chi connectivity index (χ1) is 15.4. The fraction of sp³-hybridized carbons (Fsp3) is 0.360. The molecule has 2 aliphatic carbocycles. The van der Waals surface area contributed by atoms with Crippen LogP contribution in [-0.4, -0.2) is 29.6 Å². The summed E-state index contributed by atoms with van der Waals surface area (Å²) >= 11 is 0. The molecule has 2 aromatic carbocycles. The van der Waals surface area contributed by atoms with Crippen LogP contribution >= 0.6 is 0 Å². The van der Waals surface area contributed by atoms with Crippen molar-refractivity contribution in [3.05, 3.63) is 59.7 Å². The van der Waals surface area contributed by atoms with E-state index in [-0.39, 0.29) is 47.5 Å². The maximum atomic E-state index is 13.5. The van der Waals surface area contributed by atoms with Gasteiger partial charge in [0, 0.05) is 18.8 Å². The summed E-state index contributed by atoms with van der Waals surface area (Å²) in [6, 6.07) is 14.7. The molecule has 1 saturated heterocycles. The van der Waals surface area contributed by atoms with Crippen molar-refractivity contribution in [2.45, 2.75) is 26.4 Å². The predicted octanol–water partition coefficient (Wildman–Crippen LogP) is 3.09. The van der Waals surface area contributed by atoms with Gasteiger partial charge in [0.25, 0.3) is 0 Å². The summed E-state index contributed by atoms with van der Waals surface area (Å²) in [6.45, 7) is 3.36. The topological polar surface area (TPSA) is 85.3 Å². The van der Waals surface area contributed by atoms with E-state index in [9.17, 15) is 14.4 Å². The van der Waals surface area contributed by atoms with E-state index >= 15 is 0 Å². The van der Waals surface area contributed by atoms with E-state index in [0.717, 1.165) is 17.7 Å². The van der Waals surface area contributed by atoms with Gasteiger partial charge < -0.3 is 9.57 Å². The van der Waals surface area contributed by atoms with Gasteiger partial charge in [0.2, 0.25) is 11.8 Å². The summed E-state index contributed by atoms with van der Waals surface area (Å²) in [7, 11) is 0. The van der Waals surface area contributed by atoms with Crippen molar-refractivity contribution in [1.29, 1.82) is 0 Å².